The maximum atomic E-state index is 13.4. The summed E-state index contributed by atoms with van der Waals surface area (Å²) < 4.78 is 21.4. The van der Waals surface area contributed by atoms with Gasteiger partial charge in [-0.25, -0.2) is 4.39 Å². The van der Waals surface area contributed by atoms with Crippen molar-refractivity contribution in [1.82, 2.24) is 4.57 Å². The van der Waals surface area contributed by atoms with Crippen LogP contribution in [0.4, 0.5) is 4.39 Å². The van der Waals surface area contributed by atoms with Gasteiger partial charge in [0.25, 0.3) is 0 Å². The first-order chi connectivity index (χ1) is 10.2. The van der Waals surface area contributed by atoms with E-state index in [1.165, 1.54) is 6.07 Å². The predicted octanol–water partition coefficient (Wildman–Crippen LogP) is 4.69. The van der Waals surface area contributed by atoms with Gasteiger partial charge in [-0.3, -0.25) is 0 Å². The third kappa shape index (κ3) is 2.64. The van der Waals surface area contributed by atoms with E-state index < -0.39 is 0 Å². The van der Waals surface area contributed by atoms with Gasteiger partial charge in [-0.1, -0.05) is 18.2 Å². The van der Waals surface area contributed by atoms with E-state index in [0.717, 1.165) is 34.3 Å². The molecule has 1 aromatic heterocycles. The highest BCUT2D eigenvalue weighted by atomic mass is 19.1. The van der Waals surface area contributed by atoms with Crippen molar-refractivity contribution in [1.29, 1.82) is 0 Å². The minimum atomic E-state index is -0.207. The number of benzene rings is 2. The lowest BCUT2D eigenvalue weighted by atomic mass is 10.2. The molecule has 3 aromatic rings. The fraction of sp³-hybridized carbons (Fsp3) is 0.222. The second-order valence-electron chi connectivity index (χ2n) is 5.16. The Morgan fingerprint density at radius 2 is 1.95 bits per heavy atom. The Bertz CT molecular complexity index is 776. The van der Waals surface area contributed by atoms with Crippen molar-refractivity contribution in [2.45, 2.75) is 27.0 Å². The Balaban J connectivity index is 1.92. The molecule has 0 aliphatic heterocycles. The van der Waals surface area contributed by atoms with Crippen LogP contribution in [0.25, 0.3) is 10.9 Å². The summed E-state index contributed by atoms with van der Waals surface area (Å²) >= 11 is 0. The van der Waals surface area contributed by atoms with Gasteiger partial charge in [-0.15, -0.1) is 0 Å². The number of nitrogens with zero attached hydrogens (tertiary/aromatic N) is 1. The topological polar surface area (TPSA) is 14.2 Å². The highest BCUT2D eigenvalue weighted by Gasteiger charge is 2.09. The Kier molecular flexibility index (Phi) is 3.65. The van der Waals surface area contributed by atoms with Crippen LogP contribution in [-0.4, -0.2) is 4.57 Å². The lowest BCUT2D eigenvalue weighted by Gasteiger charge is -2.08. The summed E-state index contributed by atoms with van der Waals surface area (Å²) in [6.07, 6.45) is 2.04. The first-order valence-electron chi connectivity index (χ1n) is 7.14. The van der Waals surface area contributed by atoms with E-state index in [9.17, 15) is 4.39 Å². The van der Waals surface area contributed by atoms with Gasteiger partial charge in [-0.2, -0.15) is 0 Å². The van der Waals surface area contributed by atoms with Gasteiger partial charge in [0.15, 0.2) is 0 Å². The summed E-state index contributed by atoms with van der Waals surface area (Å²) in [5.74, 6) is 0.679. The van der Waals surface area contributed by atoms with E-state index in [2.05, 4.69) is 11.5 Å². The standard InChI is InChI=1S/C18H18FNO/c1-3-20-11-14(16-9-8-15(19)10-17(16)20)12-21-18-7-5-4-6-13(18)2/h4-11H,3,12H2,1-2H3. The Hall–Kier alpha value is -2.29. The molecule has 0 aliphatic carbocycles. The van der Waals surface area contributed by atoms with Gasteiger partial charge < -0.3 is 9.30 Å². The molecular weight excluding hydrogens is 265 g/mol. The molecule has 0 amide bonds. The number of rotatable bonds is 4. The molecule has 0 aliphatic rings. The summed E-state index contributed by atoms with van der Waals surface area (Å²) in [5.41, 5.74) is 3.11. The number of aryl methyl sites for hydroxylation is 2. The molecule has 2 nitrogen and oxygen atoms in total. The number of aromatic nitrogens is 1. The summed E-state index contributed by atoms with van der Waals surface area (Å²) in [6.45, 7) is 5.38. The highest BCUT2D eigenvalue weighted by Crippen LogP contribution is 2.25. The van der Waals surface area contributed by atoms with Crippen LogP contribution in [0.5, 0.6) is 5.75 Å². The molecule has 0 spiro atoms. The van der Waals surface area contributed by atoms with Crippen LogP contribution in [0.15, 0.2) is 48.7 Å². The lowest BCUT2D eigenvalue weighted by Crippen LogP contribution is -1.96. The Morgan fingerprint density at radius 1 is 1.14 bits per heavy atom. The van der Waals surface area contributed by atoms with E-state index in [1.807, 2.05) is 43.5 Å². The van der Waals surface area contributed by atoms with Gasteiger partial charge in [0.05, 0.1) is 5.52 Å². The second kappa shape index (κ2) is 5.60. The molecule has 0 saturated heterocycles. The maximum Gasteiger partial charge on any atom is 0.125 e. The van der Waals surface area contributed by atoms with Crippen LogP contribution in [0.3, 0.4) is 0 Å². The molecule has 0 atom stereocenters. The quantitative estimate of drug-likeness (QED) is 0.677. The van der Waals surface area contributed by atoms with Crippen molar-refractivity contribution in [2.75, 3.05) is 0 Å². The molecule has 1 heterocycles. The van der Waals surface area contributed by atoms with Crippen molar-refractivity contribution in [2.24, 2.45) is 0 Å². The van der Waals surface area contributed by atoms with Crippen molar-refractivity contribution in [3.63, 3.8) is 0 Å². The fourth-order valence-electron chi connectivity index (χ4n) is 2.59. The average molecular weight is 283 g/mol. The predicted molar refractivity (Wildman–Crippen MR) is 83.1 cm³/mol. The minimum absolute atomic E-state index is 0.207. The average Bonchev–Trinajstić information content (AvgIpc) is 2.83. The molecule has 3 heteroatoms. The molecule has 0 radical (unpaired) electrons. The monoisotopic (exact) mass is 283 g/mol. The number of para-hydroxylation sites is 1. The molecule has 0 saturated carbocycles. The number of hydrogen-bond acceptors (Lipinski definition) is 1. The smallest absolute Gasteiger partial charge is 0.125 e. The summed E-state index contributed by atoms with van der Waals surface area (Å²) in [6, 6.07) is 12.9. The number of fused-ring (bicyclic) bond motifs is 1. The zero-order valence-electron chi connectivity index (χ0n) is 12.3. The second-order valence-corrected chi connectivity index (χ2v) is 5.16. The molecule has 0 fully saturated rings. The fourth-order valence-corrected chi connectivity index (χ4v) is 2.59. The van der Waals surface area contributed by atoms with Crippen LogP contribution in [0.1, 0.15) is 18.1 Å². The number of halogens is 1. The van der Waals surface area contributed by atoms with Gasteiger partial charge >= 0.3 is 0 Å². The normalized spacial score (nSPS) is 11.0. The van der Waals surface area contributed by atoms with E-state index in [1.54, 1.807) is 6.07 Å². The Labute approximate surface area is 123 Å². The van der Waals surface area contributed by atoms with Crippen molar-refractivity contribution in [3.8, 4) is 5.75 Å². The van der Waals surface area contributed by atoms with Gasteiger partial charge in [0.2, 0.25) is 0 Å². The third-order valence-electron chi connectivity index (χ3n) is 3.74. The van der Waals surface area contributed by atoms with Crippen LogP contribution in [0, 0.1) is 12.7 Å². The zero-order valence-corrected chi connectivity index (χ0v) is 12.3. The summed E-state index contributed by atoms with van der Waals surface area (Å²) in [4.78, 5) is 0. The molecular formula is C18H18FNO. The molecule has 0 unspecified atom stereocenters. The van der Waals surface area contributed by atoms with Crippen LogP contribution < -0.4 is 4.74 Å². The largest absolute Gasteiger partial charge is 0.489 e. The highest BCUT2D eigenvalue weighted by molar-refractivity contribution is 5.84. The summed E-state index contributed by atoms with van der Waals surface area (Å²) in [5, 5.41) is 1.05. The molecule has 3 rings (SSSR count). The molecule has 108 valence electrons. The van der Waals surface area contributed by atoms with E-state index in [0.29, 0.717) is 6.61 Å². The molecule has 21 heavy (non-hydrogen) atoms. The van der Waals surface area contributed by atoms with Crippen LogP contribution in [-0.2, 0) is 13.2 Å². The minimum Gasteiger partial charge on any atom is -0.489 e. The number of ether oxygens (including phenoxy) is 1. The van der Waals surface area contributed by atoms with Crippen molar-refractivity contribution >= 4 is 10.9 Å². The van der Waals surface area contributed by atoms with Gasteiger partial charge in [0, 0.05) is 23.7 Å². The van der Waals surface area contributed by atoms with Gasteiger partial charge in [-0.05, 0) is 43.7 Å². The third-order valence-corrected chi connectivity index (χ3v) is 3.74. The first kappa shape index (κ1) is 13.7. The van der Waals surface area contributed by atoms with Crippen molar-refractivity contribution in [3.05, 3.63) is 65.6 Å². The molecule has 0 N–H and O–H groups in total. The number of hydrogen-bond donors (Lipinski definition) is 0. The van der Waals surface area contributed by atoms with Crippen LogP contribution in [0.2, 0.25) is 0 Å². The molecule has 2 aromatic carbocycles. The lowest BCUT2D eigenvalue weighted by molar-refractivity contribution is 0.305. The maximum absolute atomic E-state index is 13.4. The van der Waals surface area contributed by atoms with Crippen LogP contribution >= 0.6 is 0 Å². The first-order valence-corrected chi connectivity index (χ1v) is 7.14. The van der Waals surface area contributed by atoms with E-state index >= 15 is 0 Å². The van der Waals surface area contributed by atoms with Crippen molar-refractivity contribution < 1.29 is 9.13 Å². The van der Waals surface area contributed by atoms with Gasteiger partial charge in [0.1, 0.15) is 18.2 Å². The van der Waals surface area contributed by atoms with E-state index in [-0.39, 0.29) is 5.82 Å². The Morgan fingerprint density at radius 3 is 2.71 bits per heavy atom. The van der Waals surface area contributed by atoms with E-state index in [4.69, 9.17) is 4.74 Å². The SMILES string of the molecule is CCn1cc(COc2ccccc2C)c2ccc(F)cc21. The zero-order chi connectivity index (χ0) is 14.8. The molecule has 0 bridgehead atoms. The summed E-state index contributed by atoms with van der Waals surface area (Å²) in [7, 11) is 0.